The fraction of sp³-hybridized carbons (Fsp3) is 0.545. The molecule has 7 heteroatoms. The zero-order valence-electron chi connectivity index (χ0n) is 10.2. The molecular formula is C11H15NO4S2. The molecule has 1 unspecified atom stereocenters. The Morgan fingerprint density at radius 2 is 2.22 bits per heavy atom. The Labute approximate surface area is 110 Å². The van der Waals surface area contributed by atoms with E-state index in [1.54, 1.807) is 6.92 Å². The number of sulfonamides is 1. The van der Waals surface area contributed by atoms with Crippen LogP contribution in [0.25, 0.3) is 0 Å². The van der Waals surface area contributed by atoms with Crippen LogP contribution in [0.15, 0.2) is 10.3 Å². The normalized spacial score (nSPS) is 21.3. The number of hydrogen-bond donors (Lipinski definition) is 1. The molecule has 0 bridgehead atoms. The third-order valence-corrected chi connectivity index (χ3v) is 6.61. The van der Waals surface area contributed by atoms with Crippen molar-refractivity contribution in [1.82, 2.24) is 4.31 Å². The zero-order chi connectivity index (χ0) is 13.5. The van der Waals surface area contributed by atoms with Gasteiger partial charge in [-0.1, -0.05) is 6.92 Å². The molecule has 1 N–H and O–H groups in total. The standard InChI is InChI=1S/C11H15NO4S2/c1-7-3-4-12(6-7)18(15,16)9-5-8(2)10(17-9)11(13)14/h5,7H,3-4,6H2,1-2H3,(H,13,14). The zero-order valence-corrected chi connectivity index (χ0v) is 11.8. The number of aromatic carboxylic acids is 1. The summed E-state index contributed by atoms with van der Waals surface area (Å²) in [6.45, 7) is 4.66. The monoisotopic (exact) mass is 289 g/mol. The third-order valence-electron chi connectivity index (χ3n) is 3.07. The van der Waals surface area contributed by atoms with Crippen LogP contribution in [0.3, 0.4) is 0 Å². The van der Waals surface area contributed by atoms with Gasteiger partial charge in [0.15, 0.2) is 0 Å². The molecule has 5 nitrogen and oxygen atoms in total. The van der Waals surface area contributed by atoms with Gasteiger partial charge in [-0.25, -0.2) is 13.2 Å². The summed E-state index contributed by atoms with van der Waals surface area (Å²) in [6, 6.07) is 1.45. The molecule has 1 atom stereocenters. The Bertz CT molecular complexity index is 576. The van der Waals surface area contributed by atoms with Crippen molar-refractivity contribution < 1.29 is 18.3 Å². The molecule has 1 saturated heterocycles. The molecule has 1 fully saturated rings. The highest BCUT2D eigenvalue weighted by atomic mass is 32.2. The van der Waals surface area contributed by atoms with Crippen molar-refractivity contribution in [3.63, 3.8) is 0 Å². The predicted molar refractivity (Wildman–Crippen MR) is 68.6 cm³/mol. The molecule has 1 aromatic rings. The predicted octanol–water partition coefficient (Wildman–Crippen LogP) is 1.79. The van der Waals surface area contributed by atoms with E-state index in [1.807, 2.05) is 6.92 Å². The summed E-state index contributed by atoms with van der Waals surface area (Å²) >= 11 is 0.833. The second-order valence-corrected chi connectivity index (χ2v) is 7.86. The molecule has 0 aromatic carbocycles. The van der Waals surface area contributed by atoms with Gasteiger partial charge in [-0.2, -0.15) is 4.31 Å². The summed E-state index contributed by atoms with van der Waals surface area (Å²) in [6.07, 6.45) is 0.857. The Hall–Kier alpha value is -0.920. The van der Waals surface area contributed by atoms with Crippen LogP contribution in [-0.4, -0.2) is 36.9 Å². The number of nitrogens with zero attached hydrogens (tertiary/aromatic N) is 1. The Kier molecular flexibility index (Phi) is 3.48. The lowest BCUT2D eigenvalue weighted by atomic mass is 10.2. The first-order chi connectivity index (χ1) is 8.32. The van der Waals surface area contributed by atoms with Crippen molar-refractivity contribution in [2.45, 2.75) is 24.5 Å². The van der Waals surface area contributed by atoms with Gasteiger partial charge < -0.3 is 5.11 Å². The van der Waals surface area contributed by atoms with E-state index in [-0.39, 0.29) is 9.09 Å². The molecule has 0 aliphatic carbocycles. The van der Waals surface area contributed by atoms with Crippen molar-refractivity contribution in [3.8, 4) is 0 Å². The van der Waals surface area contributed by atoms with Crippen LogP contribution in [0.4, 0.5) is 0 Å². The second-order valence-electron chi connectivity index (χ2n) is 4.64. The first kappa shape index (κ1) is 13.5. The third kappa shape index (κ3) is 2.30. The molecule has 18 heavy (non-hydrogen) atoms. The molecule has 100 valence electrons. The Morgan fingerprint density at radius 3 is 2.67 bits per heavy atom. The molecule has 2 rings (SSSR count). The Morgan fingerprint density at radius 1 is 1.56 bits per heavy atom. The quantitative estimate of drug-likeness (QED) is 0.920. The summed E-state index contributed by atoms with van der Waals surface area (Å²) in [5, 5.41) is 8.95. The number of thiophene rings is 1. The van der Waals surface area contributed by atoms with Crippen LogP contribution < -0.4 is 0 Å². The smallest absolute Gasteiger partial charge is 0.346 e. The number of rotatable bonds is 3. The summed E-state index contributed by atoms with van der Waals surface area (Å²) < 4.78 is 26.2. The van der Waals surface area contributed by atoms with Gasteiger partial charge in [0, 0.05) is 13.1 Å². The van der Waals surface area contributed by atoms with E-state index in [0.717, 1.165) is 17.8 Å². The van der Waals surface area contributed by atoms with Gasteiger partial charge in [0.05, 0.1) is 0 Å². The van der Waals surface area contributed by atoms with E-state index in [4.69, 9.17) is 5.11 Å². The molecule has 1 aliphatic rings. The average molecular weight is 289 g/mol. The molecule has 0 radical (unpaired) electrons. The van der Waals surface area contributed by atoms with Crippen LogP contribution in [0, 0.1) is 12.8 Å². The minimum atomic E-state index is -3.52. The van der Waals surface area contributed by atoms with Gasteiger partial charge in [0.25, 0.3) is 10.0 Å². The SMILES string of the molecule is Cc1cc(S(=O)(=O)N2CCC(C)C2)sc1C(=O)O. The number of carboxylic acids is 1. The summed E-state index contributed by atoms with van der Waals surface area (Å²) in [5.41, 5.74) is 0.498. The summed E-state index contributed by atoms with van der Waals surface area (Å²) in [5.74, 6) is -0.714. The van der Waals surface area contributed by atoms with Crippen molar-refractivity contribution in [2.24, 2.45) is 5.92 Å². The maximum absolute atomic E-state index is 12.3. The van der Waals surface area contributed by atoms with Gasteiger partial charge in [-0.05, 0) is 30.9 Å². The maximum atomic E-state index is 12.3. The van der Waals surface area contributed by atoms with Crippen LogP contribution in [0.2, 0.25) is 0 Å². The lowest BCUT2D eigenvalue weighted by molar-refractivity contribution is 0.0701. The fourth-order valence-corrected chi connectivity index (χ4v) is 5.14. The van der Waals surface area contributed by atoms with E-state index < -0.39 is 16.0 Å². The first-order valence-electron chi connectivity index (χ1n) is 5.66. The topological polar surface area (TPSA) is 74.7 Å². The van der Waals surface area contributed by atoms with Crippen molar-refractivity contribution in [3.05, 3.63) is 16.5 Å². The second kappa shape index (κ2) is 4.64. The number of carboxylic acid groups (broad SMARTS) is 1. The maximum Gasteiger partial charge on any atom is 0.346 e. The van der Waals surface area contributed by atoms with E-state index in [1.165, 1.54) is 10.4 Å². The summed E-state index contributed by atoms with van der Waals surface area (Å²) in [4.78, 5) is 11.0. The molecule has 2 heterocycles. The number of carbonyl (C=O) groups is 1. The minimum Gasteiger partial charge on any atom is -0.477 e. The first-order valence-corrected chi connectivity index (χ1v) is 7.92. The van der Waals surface area contributed by atoms with E-state index >= 15 is 0 Å². The van der Waals surface area contributed by atoms with Gasteiger partial charge >= 0.3 is 5.97 Å². The highest BCUT2D eigenvalue weighted by Crippen LogP contribution is 2.31. The largest absolute Gasteiger partial charge is 0.477 e. The van der Waals surface area contributed by atoms with Gasteiger partial charge in [0.2, 0.25) is 0 Å². The van der Waals surface area contributed by atoms with Crippen molar-refractivity contribution >= 4 is 27.3 Å². The van der Waals surface area contributed by atoms with Crippen LogP contribution in [0.5, 0.6) is 0 Å². The van der Waals surface area contributed by atoms with E-state index in [2.05, 4.69) is 0 Å². The fourth-order valence-electron chi connectivity index (χ4n) is 2.03. The molecule has 1 aromatic heterocycles. The molecule has 0 amide bonds. The lowest BCUT2D eigenvalue weighted by Crippen LogP contribution is -2.28. The average Bonchev–Trinajstić information content (AvgIpc) is 2.84. The molecule has 0 saturated carbocycles. The highest BCUT2D eigenvalue weighted by molar-refractivity contribution is 7.91. The molecule has 1 aliphatic heterocycles. The van der Waals surface area contributed by atoms with Gasteiger partial charge in [-0.3, -0.25) is 0 Å². The lowest BCUT2D eigenvalue weighted by Gasteiger charge is -2.14. The minimum absolute atomic E-state index is 0.0980. The van der Waals surface area contributed by atoms with Crippen LogP contribution in [-0.2, 0) is 10.0 Å². The molecular weight excluding hydrogens is 274 g/mol. The number of aryl methyl sites for hydroxylation is 1. The molecule has 0 spiro atoms. The van der Waals surface area contributed by atoms with Gasteiger partial charge in [-0.15, -0.1) is 11.3 Å². The summed E-state index contributed by atoms with van der Waals surface area (Å²) in [7, 11) is -3.52. The van der Waals surface area contributed by atoms with Crippen LogP contribution in [0.1, 0.15) is 28.6 Å². The van der Waals surface area contributed by atoms with Crippen LogP contribution >= 0.6 is 11.3 Å². The Balaban J connectivity index is 2.36. The van der Waals surface area contributed by atoms with Crippen molar-refractivity contribution in [1.29, 1.82) is 0 Å². The van der Waals surface area contributed by atoms with E-state index in [9.17, 15) is 13.2 Å². The van der Waals surface area contributed by atoms with E-state index in [0.29, 0.717) is 24.6 Å². The van der Waals surface area contributed by atoms with Gasteiger partial charge in [0.1, 0.15) is 9.09 Å². The highest BCUT2D eigenvalue weighted by Gasteiger charge is 2.32. The number of hydrogen-bond acceptors (Lipinski definition) is 4. The van der Waals surface area contributed by atoms with Crippen molar-refractivity contribution in [2.75, 3.05) is 13.1 Å².